The summed E-state index contributed by atoms with van der Waals surface area (Å²) in [5, 5.41) is 5.45. The Morgan fingerprint density at radius 3 is 2.48 bits per heavy atom. The van der Waals surface area contributed by atoms with E-state index in [0.717, 1.165) is 22.0 Å². The standard InChI is InChI=1S/C20H19N3O3S/c1-13-2-6-15(7-3-13)22-18(24)10-19-23-16(12-27-19)11-26-17-8-4-14(5-9-17)20(21)25/h2-9,12H,10-11H2,1H3,(H2,21,25)(H,22,24). The Balaban J connectivity index is 1.51. The van der Waals surface area contributed by atoms with Gasteiger partial charge < -0.3 is 15.8 Å². The molecule has 27 heavy (non-hydrogen) atoms. The van der Waals surface area contributed by atoms with E-state index in [4.69, 9.17) is 10.5 Å². The van der Waals surface area contributed by atoms with E-state index < -0.39 is 5.91 Å². The van der Waals surface area contributed by atoms with Crippen LogP contribution in [0.1, 0.15) is 26.6 Å². The highest BCUT2D eigenvalue weighted by Gasteiger charge is 2.09. The second-order valence-corrected chi connectivity index (χ2v) is 6.94. The number of carbonyl (C=O) groups excluding carboxylic acids is 2. The summed E-state index contributed by atoms with van der Waals surface area (Å²) in [5.74, 6) is 0.0315. The highest BCUT2D eigenvalue weighted by molar-refractivity contribution is 7.09. The predicted octanol–water partition coefficient (Wildman–Crippen LogP) is 3.31. The molecule has 0 fully saturated rings. The van der Waals surface area contributed by atoms with Crippen LogP contribution in [0.3, 0.4) is 0 Å². The fourth-order valence-electron chi connectivity index (χ4n) is 2.35. The highest BCUT2D eigenvalue weighted by Crippen LogP contribution is 2.17. The fourth-order valence-corrected chi connectivity index (χ4v) is 3.13. The molecular formula is C20H19N3O3S. The van der Waals surface area contributed by atoms with Crippen LogP contribution in [0.15, 0.2) is 53.9 Å². The molecule has 0 unspecified atom stereocenters. The van der Waals surface area contributed by atoms with Crippen LogP contribution < -0.4 is 15.8 Å². The van der Waals surface area contributed by atoms with Crippen molar-refractivity contribution in [3.8, 4) is 5.75 Å². The van der Waals surface area contributed by atoms with E-state index in [9.17, 15) is 9.59 Å². The molecule has 6 nitrogen and oxygen atoms in total. The number of aryl methyl sites for hydroxylation is 1. The van der Waals surface area contributed by atoms with Crippen LogP contribution >= 0.6 is 11.3 Å². The maximum atomic E-state index is 12.1. The average Bonchev–Trinajstić information content (AvgIpc) is 3.09. The minimum Gasteiger partial charge on any atom is -0.487 e. The van der Waals surface area contributed by atoms with Crippen molar-refractivity contribution in [2.75, 3.05) is 5.32 Å². The first kappa shape index (κ1) is 18.6. The SMILES string of the molecule is Cc1ccc(NC(=O)Cc2nc(COc3ccc(C(N)=O)cc3)cs2)cc1. The van der Waals surface area contributed by atoms with Crippen LogP contribution in [-0.2, 0) is 17.8 Å². The summed E-state index contributed by atoms with van der Waals surface area (Å²) >= 11 is 1.42. The third kappa shape index (κ3) is 5.39. The number of rotatable bonds is 7. The Hall–Kier alpha value is -3.19. The third-order valence-corrected chi connectivity index (χ3v) is 4.67. The van der Waals surface area contributed by atoms with Crippen LogP contribution in [0.2, 0.25) is 0 Å². The maximum absolute atomic E-state index is 12.1. The summed E-state index contributed by atoms with van der Waals surface area (Å²) in [4.78, 5) is 27.6. The largest absolute Gasteiger partial charge is 0.487 e. The second kappa shape index (κ2) is 8.46. The van der Waals surface area contributed by atoms with Crippen molar-refractivity contribution in [1.82, 2.24) is 4.98 Å². The van der Waals surface area contributed by atoms with Gasteiger partial charge in [0.2, 0.25) is 11.8 Å². The number of hydrogen-bond acceptors (Lipinski definition) is 5. The molecule has 0 radical (unpaired) electrons. The number of primary amides is 1. The number of carbonyl (C=O) groups is 2. The number of nitrogens with two attached hydrogens (primary N) is 1. The number of anilines is 1. The van der Waals surface area contributed by atoms with Crippen LogP contribution in [0.4, 0.5) is 5.69 Å². The van der Waals surface area contributed by atoms with Crippen molar-refractivity contribution >= 4 is 28.8 Å². The normalized spacial score (nSPS) is 10.4. The van der Waals surface area contributed by atoms with Crippen molar-refractivity contribution < 1.29 is 14.3 Å². The molecule has 0 bridgehead atoms. The molecule has 0 saturated carbocycles. The molecule has 0 atom stereocenters. The van der Waals surface area contributed by atoms with Gasteiger partial charge >= 0.3 is 0 Å². The minimum atomic E-state index is -0.477. The van der Waals surface area contributed by atoms with E-state index in [0.29, 0.717) is 11.3 Å². The number of aromatic nitrogens is 1. The molecular weight excluding hydrogens is 362 g/mol. The van der Waals surface area contributed by atoms with Gasteiger partial charge in [0.25, 0.3) is 0 Å². The first-order chi connectivity index (χ1) is 13.0. The number of amides is 2. The van der Waals surface area contributed by atoms with Gasteiger partial charge in [-0.1, -0.05) is 17.7 Å². The second-order valence-electron chi connectivity index (χ2n) is 6.00. The first-order valence-electron chi connectivity index (χ1n) is 8.32. The predicted molar refractivity (Wildman–Crippen MR) is 105 cm³/mol. The van der Waals surface area contributed by atoms with Gasteiger partial charge in [-0.15, -0.1) is 11.3 Å². The average molecular weight is 381 g/mol. The van der Waals surface area contributed by atoms with Gasteiger partial charge in [-0.3, -0.25) is 9.59 Å². The zero-order chi connectivity index (χ0) is 19.2. The molecule has 0 spiro atoms. The van der Waals surface area contributed by atoms with Crippen molar-refractivity contribution in [1.29, 1.82) is 0 Å². The Morgan fingerprint density at radius 2 is 1.81 bits per heavy atom. The number of thiazole rings is 1. The lowest BCUT2D eigenvalue weighted by Crippen LogP contribution is -2.14. The van der Waals surface area contributed by atoms with E-state index in [1.54, 1.807) is 24.3 Å². The molecule has 3 aromatic rings. The van der Waals surface area contributed by atoms with E-state index in [1.807, 2.05) is 36.6 Å². The molecule has 3 rings (SSSR count). The zero-order valence-electron chi connectivity index (χ0n) is 14.8. The summed E-state index contributed by atoms with van der Waals surface area (Å²) < 4.78 is 5.64. The number of nitrogens with one attached hydrogen (secondary N) is 1. The molecule has 138 valence electrons. The van der Waals surface area contributed by atoms with Crippen molar-refractivity contribution in [3.05, 3.63) is 75.7 Å². The van der Waals surface area contributed by atoms with Crippen LogP contribution in [-0.4, -0.2) is 16.8 Å². The maximum Gasteiger partial charge on any atom is 0.248 e. The molecule has 2 aromatic carbocycles. The topological polar surface area (TPSA) is 94.3 Å². The lowest BCUT2D eigenvalue weighted by Gasteiger charge is -2.05. The molecule has 3 N–H and O–H groups in total. The van der Waals surface area contributed by atoms with Crippen LogP contribution in [0.25, 0.3) is 0 Å². The zero-order valence-corrected chi connectivity index (χ0v) is 15.6. The van der Waals surface area contributed by atoms with Gasteiger partial charge in [0.15, 0.2) is 0 Å². The Bertz CT molecular complexity index is 934. The molecule has 0 saturated heterocycles. The van der Waals surface area contributed by atoms with Crippen molar-refractivity contribution in [3.63, 3.8) is 0 Å². The summed E-state index contributed by atoms with van der Waals surface area (Å²) in [6.45, 7) is 2.28. The first-order valence-corrected chi connectivity index (χ1v) is 9.20. The monoisotopic (exact) mass is 381 g/mol. The summed E-state index contributed by atoms with van der Waals surface area (Å²) in [5.41, 5.74) is 8.29. The van der Waals surface area contributed by atoms with Gasteiger partial charge in [0.1, 0.15) is 17.4 Å². The van der Waals surface area contributed by atoms with Crippen LogP contribution in [0.5, 0.6) is 5.75 Å². The smallest absolute Gasteiger partial charge is 0.248 e. The lowest BCUT2D eigenvalue weighted by molar-refractivity contribution is -0.115. The molecule has 0 aliphatic heterocycles. The number of ether oxygens (including phenoxy) is 1. The minimum absolute atomic E-state index is 0.109. The highest BCUT2D eigenvalue weighted by atomic mass is 32.1. The van der Waals surface area contributed by atoms with E-state index in [-0.39, 0.29) is 18.9 Å². The third-order valence-electron chi connectivity index (χ3n) is 3.77. The Labute approximate surface area is 161 Å². The van der Waals surface area contributed by atoms with E-state index in [2.05, 4.69) is 10.3 Å². The van der Waals surface area contributed by atoms with Gasteiger partial charge in [-0.25, -0.2) is 4.98 Å². The van der Waals surface area contributed by atoms with E-state index >= 15 is 0 Å². The fraction of sp³-hybridized carbons (Fsp3) is 0.150. The Kier molecular flexibility index (Phi) is 5.83. The molecule has 0 aliphatic carbocycles. The molecule has 1 aromatic heterocycles. The molecule has 2 amide bonds. The van der Waals surface area contributed by atoms with Gasteiger partial charge in [0, 0.05) is 16.6 Å². The summed E-state index contributed by atoms with van der Waals surface area (Å²) in [6, 6.07) is 14.2. The van der Waals surface area contributed by atoms with Gasteiger partial charge in [0.05, 0.1) is 12.1 Å². The quantitative estimate of drug-likeness (QED) is 0.656. The molecule has 1 heterocycles. The Morgan fingerprint density at radius 1 is 1.11 bits per heavy atom. The van der Waals surface area contributed by atoms with E-state index in [1.165, 1.54) is 11.3 Å². The summed E-state index contributed by atoms with van der Waals surface area (Å²) in [7, 11) is 0. The van der Waals surface area contributed by atoms with Crippen LogP contribution in [0, 0.1) is 6.92 Å². The van der Waals surface area contributed by atoms with Crippen molar-refractivity contribution in [2.24, 2.45) is 5.73 Å². The number of nitrogens with zero attached hydrogens (tertiary/aromatic N) is 1. The van der Waals surface area contributed by atoms with Crippen molar-refractivity contribution in [2.45, 2.75) is 20.0 Å². The summed E-state index contributed by atoms with van der Waals surface area (Å²) in [6.07, 6.45) is 0.214. The van der Waals surface area contributed by atoms with Gasteiger partial charge in [-0.2, -0.15) is 0 Å². The van der Waals surface area contributed by atoms with Gasteiger partial charge in [-0.05, 0) is 43.3 Å². The number of hydrogen-bond donors (Lipinski definition) is 2. The number of benzene rings is 2. The lowest BCUT2D eigenvalue weighted by atomic mass is 10.2. The molecule has 0 aliphatic rings. The molecule has 7 heteroatoms.